The van der Waals surface area contributed by atoms with Gasteiger partial charge in [0.15, 0.2) is 0 Å². The van der Waals surface area contributed by atoms with E-state index in [0.717, 1.165) is 18.7 Å². The second kappa shape index (κ2) is 8.11. The van der Waals surface area contributed by atoms with E-state index >= 15 is 0 Å². The monoisotopic (exact) mass is 317 g/mol. The highest BCUT2D eigenvalue weighted by Crippen LogP contribution is 2.28. The summed E-state index contributed by atoms with van der Waals surface area (Å²) in [4.78, 5) is 28.5. The Morgan fingerprint density at radius 2 is 2.09 bits per heavy atom. The lowest BCUT2D eigenvalue weighted by atomic mass is 10.1. The van der Waals surface area contributed by atoms with Crippen LogP contribution in [0.2, 0.25) is 0 Å². The van der Waals surface area contributed by atoms with Crippen LogP contribution < -0.4 is 5.32 Å². The van der Waals surface area contributed by atoms with Gasteiger partial charge in [-0.15, -0.1) is 0 Å². The maximum Gasteiger partial charge on any atom is 0.225 e. The average Bonchev–Trinajstić information content (AvgIpc) is 2.96. The van der Waals surface area contributed by atoms with E-state index in [-0.39, 0.29) is 23.8 Å². The van der Waals surface area contributed by atoms with E-state index in [1.807, 2.05) is 49.2 Å². The fraction of sp³-hybridized carbons (Fsp3) is 0.556. The van der Waals surface area contributed by atoms with Gasteiger partial charge in [-0.25, -0.2) is 0 Å². The van der Waals surface area contributed by atoms with Crippen LogP contribution in [0.1, 0.15) is 31.9 Å². The third kappa shape index (κ3) is 4.55. The third-order valence-electron chi connectivity index (χ3n) is 4.61. The van der Waals surface area contributed by atoms with Gasteiger partial charge in [0.2, 0.25) is 11.8 Å². The van der Waals surface area contributed by atoms with Crippen molar-refractivity contribution in [1.82, 2.24) is 15.1 Å². The number of likely N-dealkylation sites (N-methyl/N-ethyl adjacent to an activating group) is 1. The highest BCUT2D eigenvalue weighted by Gasteiger charge is 2.36. The molecule has 0 aromatic heterocycles. The molecule has 1 N–H and O–H groups in total. The number of carbonyl (C=O) groups excluding carboxylic acids is 2. The van der Waals surface area contributed by atoms with Crippen LogP contribution in [0.15, 0.2) is 30.3 Å². The van der Waals surface area contributed by atoms with E-state index in [0.29, 0.717) is 19.5 Å². The normalized spacial score (nSPS) is 19.2. The molecule has 1 saturated heterocycles. The van der Waals surface area contributed by atoms with Gasteiger partial charge < -0.3 is 15.1 Å². The van der Waals surface area contributed by atoms with Gasteiger partial charge in [-0.2, -0.15) is 0 Å². The summed E-state index contributed by atoms with van der Waals surface area (Å²) in [6.45, 7) is 7.02. The number of hydrogen-bond acceptors (Lipinski definition) is 3. The fourth-order valence-corrected chi connectivity index (χ4v) is 2.87. The Hall–Kier alpha value is -1.88. The minimum atomic E-state index is -0.236. The van der Waals surface area contributed by atoms with Gasteiger partial charge in [0.25, 0.3) is 0 Å². The SMILES string of the molecule is CCN(C)CCNC(=O)[C@H]1CC(=O)N([C@H](C)c2ccccc2)C1. The standard InChI is InChI=1S/C18H27N3O2/c1-4-20(3)11-10-19-18(23)16-12-17(22)21(13-16)14(2)15-8-6-5-7-9-15/h5-9,14,16H,4,10-13H2,1-3H3,(H,19,23)/t14-,16+/m1/s1. The van der Waals surface area contributed by atoms with Gasteiger partial charge in [0.1, 0.15) is 0 Å². The lowest BCUT2D eigenvalue weighted by molar-refractivity contribution is -0.130. The van der Waals surface area contributed by atoms with Crippen molar-refractivity contribution in [1.29, 1.82) is 0 Å². The zero-order valence-corrected chi connectivity index (χ0v) is 14.3. The molecule has 1 heterocycles. The predicted octanol–water partition coefficient (Wildman–Crippen LogP) is 1.66. The number of benzene rings is 1. The van der Waals surface area contributed by atoms with Crippen LogP contribution in [-0.4, -0.2) is 54.8 Å². The molecule has 0 unspecified atom stereocenters. The van der Waals surface area contributed by atoms with Gasteiger partial charge in [-0.1, -0.05) is 37.3 Å². The van der Waals surface area contributed by atoms with Crippen LogP contribution in [0, 0.1) is 5.92 Å². The number of hydrogen-bond donors (Lipinski definition) is 1. The van der Waals surface area contributed by atoms with E-state index in [1.54, 1.807) is 0 Å². The number of likely N-dealkylation sites (tertiary alicyclic amines) is 1. The van der Waals surface area contributed by atoms with Gasteiger partial charge in [0, 0.05) is 26.1 Å². The number of nitrogens with zero attached hydrogens (tertiary/aromatic N) is 2. The maximum atomic E-state index is 12.3. The van der Waals surface area contributed by atoms with Crippen LogP contribution in [0.4, 0.5) is 0 Å². The van der Waals surface area contributed by atoms with Gasteiger partial charge in [-0.05, 0) is 26.1 Å². The molecule has 0 radical (unpaired) electrons. The molecule has 0 saturated carbocycles. The Kier molecular flexibility index (Phi) is 6.16. The maximum absolute atomic E-state index is 12.3. The van der Waals surface area contributed by atoms with Crippen molar-refractivity contribution in [2.75, 3.05) is 33.2 Å². The Morgan fingerprint density at radius 3 is 2.74 bits per heavy atom. The molecule has 5 heteroatoms. The Labute approximate surface area is 138 Å². The van der Waals surface area contributed by atoms with E-state index < -0.39 is 0 Å². The summed E-state index contributed by atoms with van der Waals surface area (Å²) < 4.78 is 0. The summed E-state index contributed by atoms with van der Waals surface area (Å²) in [5, 5.41) is 2.95. The summed E-state index contributed by atoms with van der Waals surface area (Å²) in [5.41, 5.74) is 1.10. The minimum absolute atomic E-state index is 0.00715. The molecular weight excluding hydrogens is 290 g/mol. The lowest BCUT2D eigenvalue weighted by Gasteiger charge is -2.25. The molecule has 1 aromatic rings. The molecule has 0 spiro atoms. The predicted molar refractivity (Wildman–Crippen MR) is 90.9 cm³/mol. The van der Waals surface area contributed by atoms with Crippen molar-refractivity contribution < 1.29 is 9.59 Å². The van der Waals surface area contributed by atoms with Crippen LogP contribution >= 0.6 is 0 Å². The smallest absolute Gasteiger partial charge is 0.225 e. The first kappa shape index (κ1) is 17.5. The molecule has 23 heavy (non-hydrogen) atoms. The van der Waals surface area contributed by atoms with E-state index in [9.17, 15) is 9.59 Å². The molecule has 1 aliphatic heterocycles. The first-order valence-corrected chi connectivity index (χ1v) is 8.33. The molecule has 2 amide bonds. The van der Waals surface area contributed by atoms with E-state index in [4.69, 9.17) is 0 Å². The minimum Gasteiger partial charge on any atom is -0.355 e. The highest BCUT2D eigenvalue weighted by molar-refractivity contribution is 5.89. The number of carbonyl (C=O) groups is 2. The van der Waals surface area contributed by atoms with Crippen LogP contribution in [0.3, 0.4) is 0 Å². The van der Waals surface area contributed by atoms with Crippen molar-refractivity contribution in [3.8, 4) is 0 Å². The first-order valence-electron chi connectivity index (χ1n) is 8.33. The molecule has 126 valence electrons. The largest absolute Gasteiger partial charge is 0.355 e. The average molecular weight is 317 g/mol. The molecular formula is C18H27N3O2. The lowest BCUT2D eigenvalue weighted by Crippen LogP contribution is -2.37. The first-order chi connectivity index (χ1) is 11.0. The molecule has 0 aliphatic carbocycles. The van der Waals surface area contributed by atoms with Crippen LogP contribution in [-0.2, 0) is 9.59 Å². The Balaban J connectivity index is 1.88. The third-order valence-corrected chi connectivity index (χ3v) is 4.61. The van der Waals surface area contributed by atoms with Crippen molar-refractivity contribution in [2.45, 2.75) is 26.3 Å². The van der Waals surface area contributed by atoms with E-state index in [2.05, 4.69) is 17.1 Å². The molecule has 2 atom stereocenters. The zero-order valence-electron chi connectivity index (χ0n) is 14.3. The second-order valence-electron chi connectivity index (χ2n) is 6.22. The number of amides is 2. The van der Waals surface area contributed by atoms with Crippen molar-refractivity contribution >= 4 is 11.8 Å². The van der Waals surface area contributed by atoms with Gasteiger partial charge in [-0.3, -0.25) is 9.59 Å². The summed E-state index contributed by atoms with van der Waals surface area (Å²) in [6, 6.07) is 9.96. The molecule has 2 rings (SSSR count). The molecule has 5 nitrogen and oxygen atoms in total. The zero-order chi connectivity index (χ0) is 16.8. The van der Waals surface area contributed by atoms with Crippen molar-refractivity contribution in [3.63, 3.8) is 0 Å². The molecule has 1 aliphatic rings. The van der Waals surface area contributed by atoms with Gasteiger partial charge >= 0.3 is 0 Å². The summed E-state index contributed by atoms with van der Waals surface area (Å²) in [5.74, 6) is -0.182. The second-order valence-corrected chi connectivity index (χ2v) is 6.22. The van der Waals surface area contributed by atoms with Crippen molar-refractivity contribution in [2.24, 2.45) is 5.92 Å². The summed E-state index contributed by atoms with van der Waals surface area (Å²) >= 11 is 0. The highest BCUT2D eigenvalue weighted by atomic mass is 16.2. The summed E-state index contributed by atoms with van der Waals surface area (Å²) in [7, 11) is 2.02. The molecule has 1 aromatic carbocycles. The topological polar surface area (TPSA) is 52.7 Å². The van der Waals surface area contributed by atoms with E-state index in [1.165, 1.54) is 0 Å². The summed E-state index contributed by atoms with van der Waals surface area (Å²) in [6.07, 6.45) is 0.312. The number of nitrogens with one attached hydrogen (secondary N) is 1. The van der Waals surface area contributed by atoms with Gasteiger partial charge in [0.05, 0.1) is 12.0 Å². The number of rotatable bonds is 7. The Bertz CT molecular complexity index is 532. The van der Waals surface area contributed by atoms with Crippen LogP contribution in [0.25, 0.3) is 0 Å². The quantitative estimate of drug-likeness (QED) is 0.832. The van der Waals surface area contributed by atoms with Crippen LogP contribution in [0.5, 0.6) is 0 Å². The molecule has 1 fully saturated rings. The molecule has 0 bridgehead atoms. The fourth-order valence-electron chi connectivity index (χ4n) is 2.87. The Morgan fingerprint density at radius 1 is 1.39 bits per heavy atom. The van der Waals surface area contributed by atoms with Crippen molar-refractivity contribution in [3.05, 3.63) is 35.9 Å².